The van der Waals surface area contributed by atoms with Gasteiger partial charge in [0.15, 0.2) is 5.96 Å². The molecule has 9 heteroatoms. The SMILES string of the molecule is CCc1nncn1CCNC(=NCCCOC)N(C)CCOc1ccccc1.I. The van der Waals surface area contributed by atoms with E-state index in [1.54, 1.807) is 13.4 Å². The van der Waals surface area contributed by atoms with E-state index in [4.69, 9.17) is 14.5 Å². The van der Waals surface area contributed by atoms with Gasteiger partial charge in [-0.25, -0.2) is 0 Å². The van der Waals surface area contributed by atoms with Crippen LogP contribution in [0.4, 0.5) is 0 Å². The van der Waals surface area contributed by atoms with Gasteiger partial charge in [0.25, 0.3) is 0 Å². The molecule has 0 aliphatic carbocycles. The van der Waals surface area contributed by atoms with Crippen molar-refractivity contribution in [2.24, 2.45) is 4.99 Å². The zero-order chi connectivity index (χ0) is 20.0. The van der Waals surface area contributed by atoms with Gasteiger partial charge >= 0.3 is 0 Å². The fourth-order valence-electron chi connectivity index (χ4n) is 2.66. The lowest BCUT2D eigenvalue weighted by molar-refractivity contribution is 0.197. The third-order valence-electron chi connectivity index (χ3n) is 4.22. The number of nitrogens with one attached hydrogen (secondary N) is 1. The van der Waals surface area contributed by atoms with Crippen LogP contribution in [-0.4, -0.2) is 72.6 Å². The minimum absolute atomic E-state index is 0. The Labute approximate surface area is 190 Å². The third-order valence-corrected chi connectivity index (χ3v) is 4.22. The number of hydrogen-bond acceptors (Lipinski definition) is 5. The summed E-state index contributed by atoms with van der Waals surface area (Å²) in [7, 11) is 3.73. The average molecular weight is 516 g/mol. The minimum atomic E-state index is 0. The number of halogens is 1. The predicted molar refractivity (Wildman–Crippen MR) is 126 cm³/mol. The van der Waals surface area contributed by atoms with Gasteiger partial charge in [-0.15, -0.1) is 34.2 Å². The number of ether oxygens (including phenoxy) is 2. The second-order valence-electron chi connectivity index (χ2n) is 6.36. The molecule has 0 bridgehead atoms. The molecule has 0 saturated heterocycles. The van der Waals surface area contributed by atoms with E-state index in [0.29, 0.717) is 19.8 Å². The number of methoxy groups -OCH3 is 1. The Balaban J connectivity index is 0.00000420. The second-order valence-corrected chi connectivity index (χ2v) is 6.36. The van der Waals surface area contributed by atoms with Gasteiger partial charge < -0.3 is 24.3 Å². The van der Waals surface area contributed by atoms with Crippen LogP contribution in [0.15, 0.2) is 41.7 Å². The molecule has 2 rings (SSSR count). The van der Waals surface area contributed by atoms with Crippen LogP contribution in [0.1, 0.15) is 19.2 Å². The summed E-state index contributed by atoms with van der Waals surface area (Å²) in [5.41, 5.74) is 0. The molecule has 2 aromatic rings. The number of guanidine groups is 1. The molecule has 0 saturated carbocycles. The molecule has 0 unspecified atom stereocenters. The Hall–Kier alpha value is -1.88. The molecular formula is C20H33IN6O2. The zero-order valence-corrected chi connectivity index (χ0v) is 19.9. The van der Waals surface area contributed by atoms with Crippen molar-refractivity contribution in [1.82, 2.24) is 25.0 Å². The first kappa shape index (κ1) is 25.2. The quantitative estimate of drug-likeness (QED) is 0.202. The molecule has 1 heterocycles. The van der Waals surface area contributed by atoms with Gasteiger partial charge in [0.2, 0.25) is 0 Å². The summed E-state index contributed by atoms with van der Waals surface area (Å²) in [5, 5.41) is 11.5. The van der Waals surface area contributed by atoms with Crippen LogP contribution in [-0.2, 0) is 17.7 Å². The fourth-order valence-corrected chi connectivity index (χ4v) is 2.66. The lowest BCUT2D eigenvalue weighted by Gasteiger charge is -2.23. The molecule has 0 fully saturated rings. The summed E-state index contributed by atoms with van der Waals surface area (Å²) in [4.78, 5) is 6.79. The molecule has 0 spiro atoms. The molecule has 1 N–H and O–H groups in total. The highest BCUT2D eigenvalue weighted by Crippen LogP contribution is 2.07. The maximum Gasteiger partial charge on any atom is 0.193 e. The summed E-state index contributed by atoms with van der Waals surface area (Å²) in [6.45, 7) is 6.37. The second kappa shape index (κ2) is 15.0. The van der Waals surface area contributed by atoms with Crippen LogP contribution in [0.25, 0.3) is 0 Å². The maximum absolute atomic E-state index is 5.80. The van der Waals surface area contributed by atoms with Gasteiger partial charge in [0.05, 0.1) is 6.54 Å². The van der Waals surface area contributed by atoms with Gasteiger partial charge in [0, 0.05) is 46.8 Å². The summed E-state index contributed by atoms with van der Waals surface area (Å²) in [6.07, 6.45) is 3.53. The lowest BCUT2D eigenvalue weighted by atomic mass is 10.3. The molecular weight excluding hydrogens is 483 g/mol. The van der Waals surface area contributed by atoms with Crippen LogP contribution in [0.2, 0.25) is 0 Å². The number of aliphatic imine (C=N–C) groups is 1. The molecule has 162 valence electrons. The highest BCUT2D eigenvalue weighted by atomic mass is 127. The number of nitrogens with zero attached hydrogens (tertiary/aromatic N) is 5. The first-order valence-electron chi connectivity index (χ1n) is 9.77. The summed E-state index contributed by atoms with van der Waals surface area (Å²) in [6, 6.07) is 9.84. The molecule has 0 radical (unpaired) electrons. The minimum Gasteiger partial charge on any atom is -0.492 e. The smallest absolute Gasteiger partial charge is 0.193 e. The maximum atomic E-state index is 5.80. The van der Waals surface area contributed by atoms with Crippen LogP contribution in [0, 0.1) is 0 Å². The predicted octanol–water partition coefficient (Wildman–Crippen LogP) is 2.45. The Morgan fingerprint density at radius 3 is 2.76 bits per heavy atom. The van der Waals surface area contributed by atoms with Crippen molar-refractivity contribution < 1.29 is 9.47 Å². The molecule has 0 aliphatic heterocycles. The van der Waals surface area contributed by atoms with Crippen LogP contribution in [0.5, 0.6) is 5.75 Å². The molecule has 29 heavy (non-hydrogen) atoms. The third kappa shape index (κ3) is 9.44. The van der Waals surface area contributed by atoms with E-state index < -0.39 is 0 Å². The van der Waals surface area contributed by atoms with E-state index >= 15 is 0 Å². The van der Waals surface area contributed by atoms with Crippen molar-refractivity contribution in [3.05, 3.63) is 42.5 Å². The Kier molecular flexibility index (Phi) is 13.0. The first-order valence-corrected chi connectivity index (χ1v) is 9.77. The molecule has 1 aromatic heterocycles. The molecule has 0 amide bonds. The topological polar surface area (TPSA) is 76.8 Å². The summed E-state index contributed by atoms with van der Waals surface area (Å²) >= 11 is 0. The number of hydrogen-bond donors (Lipinski definition) is 1. The number of aryl methyl sites for hydroxylation is 1. The van der Waals surface area contributed by atoms with Gasteiger partial charge in [-0.05, 0) is 18.6 Å². The number of likely N-dealkylation sites (N-methyl/N-ethyl adjacent to an activating group) is 1. The average Bonchev–Trinajstić information content (AvgIpc) is 3.18. The molecule has 8 nitrogen and oxygen atoms in total. The number of aromatic nitrogens is 3. The van der Waals surface area contributed by atoms with Gasteiger partial charge in [0.1, 0.15) is 24.5 Å². The largest absolute Gasteiger partial charge is 0.492 e. The van der Waals surface area contributed by atoms with Crippen molar-refractivity contribution in [3.63, 3.8) is 0 Å². The Morgan fingerprint density at radius 1 is 1.24 bits per heavy atom. The number of para-hydroxylation sites is 1. The normalized spacial score (nSPS) is 11.1. The zero-order valence-electron chi connectivity index (χ0n) is 17.6. The van der Waals surface area contributed by atoms with E-state index in [1.807, 2.05) is 37.4 Å². The van der Waals surface area contributed by atoms with E-state index in [9.17, 15) is 0 Å². The monoisotopic (exact) mass is 516 g/mol. The van der Waals surface area contributed by atoms with Crippen molar-refractivity contribution in [2.75, 3.05) is 47.0 Å². The van der Waals surface area contributed by atoms with Crippen molar-refractivity contribution in [3.8, 4) is 5.75 Å². The van der Waals surface area contributed by atoms with E-state index in [1.165, 1.54) is 0 Å². The van der Waals surface area contributed by atoms with Crippen molar-refractivity contribution in [1.29, 1.82) is 0 Å². The standard InChI is InChI=1S/C20H32N6O2.HI/c1-4-19-24-23-17-26(19)13-12-22-20(21-11-8-15-27-3)25(2)14-16-28-18-9-6-5-7-10-18;/h5-7,9-10,17H,4,8,11-16H2,1-3H3,(H,21,22);1H. The van der Waals surface area contributed by atoms with Gasteiger partial charge in [-0.3, -0.25) is 4.99 Å². The van der Waals surface area contributed by atoms with Gasteiger partial charge in [-0.1, -0.05) is 25.1 Å². The molecule has 1 aromatic carbocycles. The summed E-state index contributed by atoms with van der Waals surface area (Å²) < 4.78 is 13.0. The van der Waals surface area contributed by atoms with Crippen molar-refractivity contribution in [2.45, 2.75) is 26.3 Å². The fraction of sp³-hybridized carbons (Fsp3) is 0.550. The molecule has 0 atom stereocenters. The van der Waals surface area contributed by atoms with Crippen LogP contribution in [0.3, 0.4) is 0 Å². The lowest BCUT2D eigenvalue weighted by Crippen LogP contribution is -2.42. The highest BCUT2D eigenvalue weighted by Gasteiger charge is 2.08. The van der Waals surface area contributed by atoms with Crippen LogP contribution < -0.4 is 10.1 Å². The molecule has 0 aliphatic rings. The van der Waals surface area contributed by atoms with Gasteiger partial charge in [-0.2, -0.15) is 0 Å². The van der Waals surface area contributed by atoms with E-state index in [0.717, 1.165) is 50.0 Å². The van der Waals surface area contributed by atoms with E-state index in [2.05, 4.69) is 31.9 Å². The number of benzene rings is 1. The Morgan fingerprint density at radius 2 is 2.03 bits per heavy atom. The first-order chi connectivity index (χ1) is 13.7. The van der Waals surface area contributed by atoms with E-state index in [-0.39, 0.29) is 24.0 Å². The van der Waals surface area contributed by atoms with Crippen molar-refractivity contribution >= 4 is 29.9 Å². The summed E-state index contributed by atoms with van der Waals surface area (Å²) in [5.74, 6) is 2.73. The highest BCUT2D eigenvalue weighted by molar-refractivity contribution is 14.0. The van der Waals surface area contributed by atoms with Crippen LogP contribution >= 0.6 is 24.0 Å². The Bertz CT molecular complexity index is 695. The number of rotatable bonds is 12.